The summed E-state index contributed by atoms with van der Waals surface area (Å²) in [5, 5.41) is 4.15. The maximum atomic E-state index is 11.9. The molecule has 0 aliphatic carbocycles. The molecule has 0 aliphatic rings. The molecule has 0 radical (unpaired) electrons. The van der Waals surface area contributed by atoms with E-state index in [2.05, 4.69) is 41.7 Å². The largest absolute Gasteiger partial charge is 0.497 e. The zero-order valence-electron chi connectivity index (χ0n) is 14.2. The maximum Gasteiger partial charge on any atom is 0.240 e. The first kappa shape index (κ1) is 18.1. The monoisotopic (exact) mass is 342 g/mol. The molecule has 0 bridgehead atoms. The van der Waals surface area contributed by atoms with Gasteiger partial charge in [0.1, 0.15) is 5.75 Å². The Hall–Kier alpha value is -2.27. The van der Waals surface area contributed by atoms with Crippen LogP contribution < -0.4 is 10.2 Å². The minimum atomic E-state index is -0.0810. The molecule has 2 aromatic carbocycles. The standard InChI is InChI=1S/C19H22N2O2S/c1-14-4-10-18(11-5-14)24-13-12-19(22)21-20-15(2)16-6-8-17(23-3)9-7-16/h4-11H,12-13H2,1-3H3,(H,21,22). The molecule has 0 spiro atoms. The summed E-state index contributed by atoms with van der Waals surface area (Å²) in [5.74, 6) is 1.44. The van der Waals surface area contributed by atoms with E-state index >= 15 is 0 Å². The third kappa shape index (κ3) is 5.74. The van der Waals surface area contributed by atoms with Crippen LogP contribution in [0.5, 0.6) is 5.75 Å². The second-order valence-corrected chi connectivity index (χ2v) is 6.54. The van der Waals surface area contributed by atoms with Crippen LogP contribution in [0.15, 0.2) is 58.5 Å². The number of thioether (sulfide) groups is 1. The quantitative estimate of drug-likeness (QED) is 0.470. The molecule has 5 heteroatoms. The Bertz CT molecular complexity index is 694. The number of aryl methyl sites for hydroxylation is 1. The van der Waals surface area contributed by atoms with Gasteiger partial charge in [0.2, 0.25) is 5.91 Å². The summed E-state index contributed by atoms with van der Waals surface area (Å²) >= 11 is 1.67. The number of nitrogens with one attached hydrogen (secondary N) is 1. The molecule has 0 heterocycles. The third-order valence-electron chi connectivity index (χ3n) is 3.47. The van der Waals surface area contributed by atoms with Gasteiger partial charge in [0.15, 0.2) is 0 Å². The van der Waals surface area contributed by atoms with Crippen LogP contribution in [0.4, 0.5) is 0 Å². The van der Waals surface area contributed by atoms with Gasteiger partial charge in [-0.15, -0.1) is 11.8 Å². The van der Waals surface area contributed by atoms with Gasteiger partial charge >= 0.3 is 0 Å². The molecule has 0 unspecified atom stereocenters. The lowest BCUT2D eigenvalue weighted by Gasteiger charge is -2.05. The predicted molar refractivity (Wildman–Crippen MR) is 99.9 cm³/mol. The van der Waals surface area contributed by atoms with Crippen molar-refractivity contribution in [3.8, 4) is 5.75 Å². The van der Waals surface area contributed by atoms with Gasteiger partial charge in [-0.05, 0) is 55.8 Å². The van der Waals surface area contributed by atoms with E-state index in [1.54, 1.807) is 18.9 Å². The fourth-order valence-corrected chi connectivity index (χ4v) is 2.85. The highest BCUT2D eigenvalue weighted by atomic mass is 32.2. The molecule has 4 nitrogen and oxygen atoms in total. The average Bonchev–Trinajstić information content (AvgIpc) is 2.61. The number of carbonyl (C=O) groups excluding carboxylic acids is 1. The van der Waals surface area contributed by atoms with E-state index in [9.17, 15) is 4.79 Å². The first-order valence-corrected chi connectivity index (χ1v) is 8.74. The zero-order valence-corrected chi connectivity index (χ0v) is 15.0. The molecule has 0 atom stereocenters. The summed E-state index contributed by atoms with van der Waals surface area (Å²) in [6, 6.07) is 15.9. The van der Waals surface area contributed by atoms with Gasteiger partial charge in [0.25, 0.3) is 0 Å². The van der Waals surface area contributed by atoms with E-state index in [-0.39, 0.29) is 5.91 Å². The van der Waals surface area contributed by atoms with Gasteiger partial charge in [-0.3, -0.25) is 4.79 Å². The first-order chi connectivity index (χ1) is 11.6. The van der Waals surface area contributed by atoms with Crippen LogP contribution in [0.2, 0.25) is 0 Å². The van der Waals surface area contributed by atoms with Crippen LogP contribution in [-0.2, 0) is 4.79 Å². The second-order valence-electron chi connectivity index (χ2n) is 5.37. The number of hydrogen-bond donors (Lipinski definition) is 1. The number of hydrazone groups is 1. The lowest BCUT2D eigenvalue weighted by Crippen LogP contribution is -2.19. The van der Waals surface area contributed by atoms with Crippen molar-refractivity contribution in [1.82, 2.24) is 5.43 Å². The van der Waals surface area contributed by atoms with Crippen LogP contribution in [0.25, 0.3) is 0 Å². The smallest absolute Gasteiger partial charge is 0.240 e. The Kier molecular flexibility index (Phi) is 6.88. The molecule has 0 aromatic heterocycles. The molecule has 24 heavy (non-hydrogen) atoms. The van der Waals surface area contributed by atoms with E-state index in [1.807, 2.05) is 31.2 Å². The summed E-state index contributed by atoms with van der Waals surface area (Å²) in [6.07, 6.45) is 0.429. The zero-order chi connectivity index (χ0) is 17.4. The fourth-order valence-electron chi connectivity index (χ4n) is 1.99. The van der Waals surface area contributed by atoms with Crippen molar-refractivity contribution in [3.05, 3.63) is 59.7 Å². The highest BCUT2D eigenvalue weighted by molar-refractivity contribution is 7.99. The number of methoxy groups -OCH3 is 1. The number of carbonyl (C=O) groups is 1. The molecule has 2 aromatic rings. The van der Waals surface area contributed by atoms with Gasteiger partial charge in [-0.25, -0.2) is 5.43 Å². The number of amides is 1. The van der Waals surface area contributed by atoms with E-state index < -0.39 is 0 Å². The molecule has 1 N–H and O–H groups in total. The Labute approximate surface area is 147 Å². The van der Waals surface area contributed by atoms with E-state index in [1.165, 1.54) is 10.5 Å². The highest BCUT2D eigenvalue weighted by Crippen LogP contribution is 2.18. The minimum absolute atomic E-state index is 0.0810. The molecule has 0 saturated carbocycles. The average molecular weight is 342 g/mol. The third-order valence-corrected chi connectivity index (χ3v) is 4.49. The van der Waals surface area contributed by atoms with Gasteiger partial charge < -0.3 is 4.74 Å². The summed E-state index contributed by atoms with van der Waals surface area (Å²) in [6.45, 7) is 3.92. The summed E-state index contributed by atoms with van der Waals surface area (Å²) in [7, 11) is 1.63. The Morgan fingerprint density at radius 3 is 2.42 bits per heavy atom. The fraction of sp³-hybridized carbons (Fsp3) is 0.263. The van der Waals surface area contributed by atoms with Crippen molar-refractivity contribution < 1.29 is 9.53 Å². The molecule has 2 rings (SSSR count). The van der Waals surface area contributed by atoms with Crippen molar-refractivity contribution in [2.45, 2.75) is 25.2 Å². The van der Waals surface area contributed by atoms with Crippen LogP contribution in [0, 0.1) is 6.92 Å². The second kappa shape index (κ2) is 9.13. The molecule has 0 saturated heterocycles. The summed E-state index contributed by atoms with van der Waals surface area (Å²) < 4.78 is 5.12. The number of rotatable bonds is 7. The molecular formula is C19H22N2O2S. The Balaban J connectivity index is 1.77. The normalized spacial score (nSPS) is 11.2. The van der Waals surface area contributed by atoms with Gasteiger partial charge in [-0.1, -0.05) is 17.7 Å². The maximum absolute atomic E-state index is 11.9. The van der Waals surface area contributed by atoms with Gasteiger partial charge in [0.05, 0.1) is 12.8 Å². The van der Waals surface area contributed by atoms with Crippen molar-refractivity contribution in [1.29, 1.82) is 0 Å². The lowest BCUT2D eigenvalue weighted by molar-refractivity contribution is -0.120. The number of ether oxygens (including phenoxy) is 1. The van der Waals surface area contributed by atoms with Crippen LogP contribution in [-0.4, -0.2) is 24.5 Å². The van der Waals surface area contributed by atoms with E-state index in [4.69, 9.17) is 4.74 Å². The number of benzene rings is 2. The number of hydrogen-bond acceptors (Lipinski definition) is 4. The highest BCUT2D eigenvalue weighted by Gasteiger charge is 2.03. The first-order valence-electron chi connectivity index (χ1n) is 7.75. The van der Waals surface area contributed by atoms with Crippen molar-refractivity contribution in [3.63, 3.8) is 0 Å². The number of nitrogens with zero attached hydrogens (tertiary/aromatic N) is 1. The van der Waals surface area contributed by atoms with Crippen LogP contribution in [0.3, 0.4) is 0 Å². The summed E-state index contributed by atoms with van der Waals surface area (Å²) in [4.78, 5) is 13.0. The molecular weight excluding hydrogens is 320 g/mol. The van der Waals surface area contributed by atoms with Crippen molar-refractivity contribution >= 4 is 23.4 Å². The Morgan fingerprint density at radius 1 is 1.12 bits per heavy atom. The summed E-state index contributed by atoms with van der Waals surface area (Å²) in [5.41, 5.74) is 5.56. The van der Waals surface area contributed by atoms with Crippen molar-refractivity contribution in [2.75, 3.05) is 12.9 Å². The van der Waals surface area contributed by atoms with E-state index in [0.29, 0.717) is 6.42 Å². The van der Waals surface area contributed by atoms with Gasteiger partial charge in [-0.2, -0.15) is 5.10 Å². The SMILES string of the molecule is COc1ccc(C(C)=NNC(=O)CCSc2ccc(C)cc2)cc1. The Morgan fingerprint density at radius 2 is 1.79 bits per heavy atom. The topological polar surface area (TPSA) is 50.7 Å². The molecule has 126 valence electrons. The van der Waals surface area contributed by atoms with Gasteiger partial charge in [0, 0.05) is 17.1 Å². The molecule has 0 fully saturated rings. The van der Waals surface area contributed by atoms with Crippen molar-refractivity contribution in [2.24, 2.45) is 5.10 Å². The van der Waals surface area contributed by atoms with E-state index in [0.717, 1.165) is 22.8 Å². The minimum Gasteiger partial charge on any atom is -0.497 e. The molecule has 0 aliphatic heterocycles. The molecule has 1 amide bonds. The van der Waals surface area contributed by atoms with Crippen LogP contribution >= 0.6 is 11.8 Å². The predicted octanol–water partition coefficient (Wildman–Crippen LogP) is 4.03. The van der Waals surface area contributed by atoms with Crippen LogP contribution in [0.1, 0.15) is 24.5 Å². The lowest BCUT2D eigenvalue weighted by atomic mass is 10.1.